The maximum atomic E-state index is 13.4. The largest absolute Gasteiger partial charge is 0.205 e. The molecule has 4 heteroatoms. The van der Waals surface area contributed by atoms with Crippen LogP contribution in [0.2, 0.25) is 10.0 Å². The number of benzene rings is 2. The molecular formula is C10H4Cl2F2. The minimum absolute atomic E-state index is 0.146. The van der Waals surface area contributed by atoms with E-state index in [-0.39, 0.29) is 10.4 Å². The molecule has 14 heavy (non-hydrogen) atoms. The third-order valence-corrected chi connectivity index (χ3v) is 2.68. The number of hydrogen-bond donors (Lipinski definition) is 0. The first-order valence-corrected chi connectivity index (χ1v) is 4.59. The second-order valence-corrected chi connectivity index (χ2v) is 3.56. The van der Waals surface area contributed by atoms with Crippen LogP contribution in [0.25, 0.3) is 10.8 Å². The quantitative estimate of drug-likeness (QED) is 0.466. The molecule has 0 N–H and O–H groups in total. The van der Waals surface area contributed by atoms with E-state index in [9.17, 15) is 8.78 Å². The fraction of sp³-hybridized carbons (Fsp3) is 0. The first-order valence-electron chi connectivity index (χ1n) is 3.83. The van der Waals surface area contributed by atoms with Crippen LogP contribution in [0.15, 0.2) is 24.3 Å². The van der Waals surface area contributed by atoms with Gasteiger partial charge in [0.1, 0.15) is 5.02 Å². The lowest BCUT2D eigenvalue weighted by molar-refractivity contribution is 0.593. The molecule has 0 nitrogen and oxygen atoms in total. The minimum Gasteiger partial charge on any atom is -0.205 e. The van der Waals surface area contributed by atoms with Gasteiger partial charge in [0.2, 0.25) is 0 Å². The molecule has 0 fully saturated rings. The van der Waals surface area contributed by atoms with Gasteiger partial charge in [-0.2, -0.15) is 0 Å². The molecule has 0 saturated heterocycles. The van der Waals surface area contributed by atoms with Crippen molar-refractivity contribution in [3.05, 3.63) is 45.9 Å². The van der Waals surface area contributed by atoms with Gasteiger partial charge in [-0.1, -0.05) is 47.5 Å². The predicted molar refractivity (Wildman–Crippen MR) is 53.9 cm³/mol. The second-order valence-electron chi connectivity index (χ2n) is 2.80. The zero-order chi connectivity index (χ0) is 10.3. The monoisotopic (exact) mass is 232 g/mol. The fourth-order valence-electron chi connectivity index (χ4n) is 1.30. The molecule has 72 valence electrons. The van der Waals surface area contributed by atoms with Crippen LogP contribution in [-0.2, 0) is 0 Å². The number of halogens is 4. The minimum atomic E-state index is -0.912. The maximum absolute atomic E-state index is 13.4. The summed E-state index contributed by atoms with van der Waals surface area (Å²) in [5.41, 5.74) is 0. The summed E-state index contributed by atoms with van der Waals surface area (Å²) in [5.74, 6) is -1.69. The Morgan fingerprint density at radius 2 is 1.36 bits per heavy atom. The highest BCUT2D eigenvalue weighted by molar-refractivity contribution is 6.39. The van der Waals surface area contributed by atoms with Crippen LogP contribution in [0.5, 0.6) is 0 Å². The maximum Gasteiger partial charge on any atom is 0.164 e. The molecule has 0 heterocycles. The van der Waals surface area contributed by atoms with Crippen LogP contribution in [0.4, 0.5) is 8.78 Å². The van der Waals surface area contributed by atoms with Gasteiger partial charge in [0.25, 0.3) is 0 Å². The van der Waals surface area contributed by atoms with Gasteiger partial charge in [0.05, 0.1) is 5.02 Å². The van der Waals surface area contributed by atoms with Crippen LogP contribution in [0.1, 0.15) is 0 Å². The van der Waals surface area contributed by atoms with Crippen molar-refractivity contribution in [3.63, 3.8) is 0 Å². The van der Waals surface area contributed by atoms with Crippen molar-refractivity contribution in [1.29, 1.82) is 0 Å². The Balaban J connectivity index is 3.02. The Hall–Kier alpha value is -0.860. The lowest BCUT2D eigenvalue weighted by Gasteiger charge is -2.05. The highest BCUT2D eigenvalue weighted by atomic mass is 35.5. The Bertz CT molecular complexity index is 462. The third-order valence-electron chi connectivity index (χ3n) is 1.98. The summed E-state index contributed by atoms with van der Waals surface area (Å²) >= 11 is 11.1. The van der Waals surface area contributed by atoms with Gasteiger partial charge in [0.15, 0.2) is 11.6 Å². The van der Waals surface area contributed by atoms with Gasteiger partial charge >= 0.3 is 0 Å². The molecular weight excluding hydrogens is 229 g/mol. The van der Waals surface area contributed by atoms with E-state index in [0.717, 1.165) is 0 Å². The molecule has 0 spiro atoms. The topological polar surface area (TPSA) is 0 Å². The van der Waals surface area contributed by atoms with Crippen molar-refractivity contribution in [2.45, 2.75) is 0 Å². The van der Waals surface area contributed by atoms with E-state index in [4.69, 9.17) is 23.2 Å². The van der Waals surface area contributed by atoms with E-state index in [0.29, 0.717) is 5.39 Å². The van der Waals surface area contributed by atoms with Crippen LogP contribution < -0.4 is 0 Å². The second kappa shape index (κ2) is 3.37. The molecule has 0 aromatic heterocycles. The van der Waals surface area contributed by atoms with E-state index >= 15 is 0 Å². The van der Waals surface area contributed by atoms with E-state index in [1.165, 1.54) is 6.07 Å². The standard InChI is InChI=1S/C10H4Cl2F2/c11-7-5-3-1-2-4-6(5)9(13)8(12)10(7)14/h1-4H. The van der Waals surface area contributed by atoms with Crippen molar-refractivity contribution in [1.82, 2.24) is 0 Å². The van der Waals surface area contributed by atoms with Gasteiger partial charge in [-0.25, -0.2) is 8.78 Å². The van der Waals surface area contributed by atoms with Crippen LogP contribution in [0, 0.1) is 11.6 Å². The first kappa shape index (κ1) is 9.69. The Kier molecular flexibility index (Phi) is 2.33. The molecule has 0 aliphatic heterocycles. The predicted octanol–water partition coefficient (Wildman–Crippen LogP) is 4.42. The smallest absolute Gasteiger partial charge is 0.164 e. The van der Waals surface area contributed by atoms with Crippen molar-refractivity contribution in [2.75, 3.05) is 0 Å². The fourth-order valence-corrected chi connectivity index (χ4v) is 1.80. The highest BCUT2D eigenvalue weighted by Crippen LogP contribution is 2.34. The number of hydrogen-bond acceptors (Lipinski definition) is 0. The average Bonchev–Trinajstić information content (AvgIpc) is 2.23. The Morgan fingerprint density at radius 3 is 2.00 bits per heavy atom. The zero-order valence-electron chi connectivity index (χ0n) is 6.82. The number of fused-ring (bicyclic) bond motifs is 1. The van der Waals surface area contributed by atoms with Crippen molar-refractivity contribution >= 4 is 34.0 Å². The molecule has 0 bridgehead atoms. The van der Waals surface area contributed by atoms with Gasteiger partial charge in [-0.15, -0.1) is 0 Å². The molecule has 0 aliphatic carbocycles. The zero-order valence-corrected chi connectivity index (χ0v) is 8.33. The van der Waals surface area contributed by atoms with E-state index in [2.05, 4.69) is 0 Å². The summed E-state index contributed by atoms with van der Waals surface area (Å²) in [6.45, 7) is 0. The molecule has 0 amide bonds. The summed E-state index contributed by atoms with van der Waals surface area (Å²) in [6.07, 6.45) is 0. The van der Waals surface area contributed by atoms with Gasteiger partial charge in [-0.3, -0.25) is 0 Å². The molecule has 2 aromatic rings. The van der Waals surface area contributed by atoms with E-state index in [1.807, 2.05) is 0 Å². The molecule has 2 aromatic carbocycles. The van der Waals surface area contributed by atoms with Gasteiger partial charge < -0.3 is 0 Å². The average molecular weight is 233 g/mol. The lowest BCUT2D eigenvalue weighted by Crippen LogP contribution is -1.88. The molecule has 0 radical (unpaired) electrons. The van der Waals surface area contributed by atoms with E-state index < -0.39 is 16.7 Å². The van der Waals surface area contributed by atoms with Crippen LogP contribution in [-0.4, -0.2) is 0 Å². The summed E-state index contributed by atoms with van der Waals surface area (Å²) in [4.78, 5) is 0. The van der Waals surface area contributed by atoms with Gasteiger partial charge in [0, 0.05) is 10.8 Å². The number of rotatable bonds is 0. The van der Waals surface area contributed by atoms with Gasteiger partial charge in [-0.05, 0) is 0 Å². The summed E-state index contributed by atoms with van der Waals surface area (Å²) in [7, 11) is 0. The molecule has 2 rings (SSSR count). The third kappa shape index (κ3) is 1.26. The Morgan fingerprint density at radius 1 is 0.786 bits per heavy atom. The first-order chi connectivity index (χ1) is 6.63. The highest BCUT2D eigenvalue weighted by Gasteiger charge is 2.16. The molecule has 0 atom stereocenters. The molecule has 0 aliphatic rings. The van der Waals surface area contributed by atoms with Crippen LogP contribution in [0.3, 0.4) is 0 Å². The Labute approximate surface area is 89.1 Å². The SMILES string of the molecule is Fc1c(Cl)c(F)c2ccccc2c1Cl. The normalized spacial score (nSPS) is 10.9. The van der Waals surface area contributed by atoms with Crippen LogP contribution >= 0.6 is 23.2 Å². The summed E-state index contributed by atoms with van der Waals surface area (Å²) in [6, 6.07) is 6.33. The van der Waals surface area contributed by atoms with Crippen molar-refractivity contribution in [3.8, 4) is 0 Å². The van der Waals surface area contributed by atoms with E-state index in [1.54, 1.807) is 18.2 Å². The molecule has 0 unspecified atom stereocenters. The summed E-state index contributed by atoms with van der Waals surface area (Å²) in [5, 5.41) is -0.154. The van der Waals surface area contributed by atoms with Crippen molar-refractivity contribution < 1.29 is 8.78 Å². The lowest BCUT2D eigenvalue weighted by atomic mass is 10.1. The summed E-state index contributed by atoms with van der Waals surface area (Å²) < 4.78 is 26.6. The molecule has 0 saturated carbocycles. The van der Waals surface area contributed by atoms with Crippen molar-refractivity contribution in [2.24, 2.45) is 0 Å².